The fraction of sp³-hybridized carbons (Fsp3) is 0.833. The third kappa shape index (κ3) is 48.3. The molecule has 0 aliphatic rings. The van der Waals surface area contributed by atoms with Crippen LogP contribution in [-0.4, -0.2) is 46.9 Å². The Labute approximate surface area is 410 Å². The van der Waals surface area contributed by atoms with E-state index < -0.39 is 18.2 Å². The molecule has 0 bridgehead atoms. The van der Waals surface area contributed by atoms with Gasteiger partial charge in [-0.2, -0.15) is 0 Å². The van der Waals surface area contributed by atoms with E-state index in [9.17, 15) is 19.8 Å². The molecule has 1 amide bonds. The maximum absolute atomic E-state index is 13.2. The molecule has 0 radical (unpaired) electrons. The average molecular weight is 927 g/mol. The Kier molecular flexibility index (Phi) is 52.0. The van der Waals surface area contributed by atoms with E-state index in [-0.39, 0.29) is 24.9 Å². The van der Waals surface area contributed by atoms with Crippen molar-refractivity contribution < 1.29 is 24.5 Å². The number of rotatable bonds is 52. The van der Waals surface area contributed by atoms with Crippen LogP contribution in [0.5, 0.6) is 0 Å². The molecule has 0 spiro atoms. The van der Waals surface area contributed by atoms with Crippen LogP contribution >= 0.6 is 0 Å². The Morgan fingerprint density at radius 1 is 0.455 bits per heavy atom. The van der Waals surface area contributed by atoms with Gasteiger partial charge in [-0.15, -0.1) is 0 Å². The molecule has 6 nitrogen and oxygen atoms in total. The van der Waals surface area contributed by atoms with Gasteiger partial charge in [0.25, 0.3) is 0 Å². The molecule has 3 atom stereocenters. The normalized spacial score (nSPS) is 13.5. The van der Waals surface area contributed by atoms with Crippen molar-refractivity contribution in [1.29, 1.82) is 0 Å². The minimum Gasteiger partial charge on any atom is -0.461 e. The number of amides is 1. The van der Waals surface area contributed by atoms with Crippen molar-refractivity contribution in [2.24, 2.45) is 0 Å². The van der Waals surface area contributed by atoms with Crippen molar-refractivity contribution in [3.8, 4) is 0 Å². The zero-order valence-corrected chi connectivity index (χ0v) is 44.1. The second kappa shape index (κ2) is 53.8. The highest BCUT2D eigenvalue weighted by Gasteiger charge is 2.23. The van der Waals surface area contributed by atoms with E-state index in [2.05, 4.69) is 68.6 Å². The Morgan fingerprint density at radius 3 is 1.21 bits per heavy atom. The molecule has 0 heterocycles. The number of allylic oxidation sites excluding steroid dienone is 7. The van der Waals surface area contributed by atoms with Crippen LogP contribution in [0, 0.1) is 0 Å². The van der Waals surface area contributed by atoms with Crippen molar-refractivity contribution in [3.05, 3.63) is 48.6 Å². The zero-order valence-electron chi connectivity index (χ0n) is 44.1. The summed E-state index contributed by atoms with van der Waals surface area (Å²) in [5, 5.41) is 23.8. The number of aliphatic hydroxyl groups excluding tert-OH is 2. The summed E-state index contributed by atoms with van der Waals surface area (Å²) >= 11 is 0. The summed E-state index contributed by atoms with van der Waals surface area (Å²) in [6.07, 6.45) is 66.2. The lowest BCUT2D eigenvalue weighted by atomic mass is 10.0. The first-order valence-corrected chi connectivity index (χ1v) is 28.9. The molecule has 3 N–H and O–H groups in total. The topological polar surface area (TPSA) is 95.9 Å². The number of hydrogen-bond acceptors (Lipinski definition) is 5. The van der Waals surface area contributed by atoms with E-state index in [1.165, 1.54) is 193 Å². The molecule has 3 unspecified atom stereocenters. The predicted octanol–water partition coefficient (Wildman–Crippen LogP) is 17.8. The molecular formula is C60H111NO5. The van der Waals surface area contributed by atoms with Crippen LogP contribution < -0.4 is 5.32 Å². The molecule has 0 rings (SSSR count). The first-order valence-electron chi connectivity index (χ1n) is 28.9. The minimum absolute atomic E-state index is 0.00493. The monoisotopic (exact) mass is 926 g/mol. The number of unbranched alkanes of at least 4 members (excludes halogenated alkanes) is 33. The fourth-order valence-corrected chi connectivity index (χ4v) is 8.77. The SMILES string of the molecule is CCCCC/C=C\C/C=C\C/C=C\C/C=C\CC(CC(=O)NC(CO)C(O)CCCCCCCCCCCCCCCCCCC)OC(=O)CCCCCCCCCCCCCCCCC. The third-order valence-electron chi connectivity index (χ3n) is 13.2. The van der Waals surface area contributed by atoms with Crippen LogP contribution in [0.2, 0.25) is 0 Å². The molecule has 0 aromatic carbocycles. The highest BCUT2D eigenvalue weighted by atomic mass is 16.5. The van der Waals surface area contributed by atoms with Gasteiger partial charge in [0.15, 0.2) is 0 Å². The summed E-state index contributed by atoms with van der Waals surface area (Å²) in [6.45, 7) is 6.46. The van der Waals surface area contributed by atoms with E-state index in [0.29, 0.717) is 19.3 Å². The third-order valence-corrected chi connectivity index (χ3v) is 13.2. The molecule has 0 aromatic heterocycles. The summed E-state index contributed by atoms with van der Waals surface area (Å²) < 4.78 is 5.89. The standard InChI is InChI=1S/C60H111NO5/c1-4-7-10-13-16-19-22-25-28-29-32-34-37-40-43-46-49-52-58(63)57(55-62)61-59(64)54-56(51-48-45-42-39-36-33-30-26-23-20-17-14-11-8-5-2)66-60(65)53-50-47-44-41-38-35-31-27-24-21-18-15-12-9-6-3/h17,20,26,30,36,39,45,48,56-58,62-63H,4-16,18-19,21-25,27-29,31-35,37-38,40-44,46-47,49-55H2,1-3H3,(H,61,64)/b20-17-,30-26-,39-36-,48-45-. The lowest BCUT2D eigenvalue weighted by molar-refractivity contribution is -0.150. The molecule has 0 saturated heterocycles. The maximum Gasteiger partial charge on any atom is 0.306 e. The molecule has 0 aromatic rings. The van der Waals surface area contributed by atoms with E-state index in [1.807, 2.05) is 6.08 Å². The second-order valence-electron chi connectivity index (χ2n) is 19.7. The van der Waals surface area contributed by atoms with Gasteiger partial charge < -0.3 is 20.3 Å². The molecule has 66 heavy (non-hydrogen) atoms. The fourth-order valence-electron chi connectivity index (χ4n) is 8.77. The van der Waals surface area contributed by atoms with Gasteiger partial charge in [0.2, 0.25) is 5.91 Å². The lowest BCUT2D eigenvalue weighted by Crippen LogP contribution is -2.46. The molecule has 0 aliphatic carbocycles. The summed E-state index contributed by atoms with van der Waals surface area (Å²) in [4.78, 5) is 26.2. The number of carbonyl (C=O) groups is 2. The van der Waals surface area contributed by atoms with Crippen LogP contribution in [0.15, 0.2) is 48.6 Å². The van der Waals surface area contributed by atoms with Gasteiger partial charge in [0, 0.05) is 12.8 Å². The van der Waals surface area contributed by atoms with Gasteiger partial charge in [-0.1, -0.05) is 281 Å². The summed E-state index contributed by atoms with van der Waals surface area (Å²) in [5.74, 6) is -0.563. The number of ether oxygens (including phenoxy) is 1. The number of esters is 1. The van der Waals surface area contributed by atoms with E-state index >= 15 is 0 Å². The molecule has 0 saturated carbocycles. The van der Waals surface area contributed by atoms with Crippen molar-refractivity contribution >= 4 is 11.9 Å². The molecule has 6 heteroatoms. The molecule has 386 valence electrons. The Balaban J connectivity index is 4.61. The number of hydrogen-bond donors (Lipinski definition) is 3. The van der Waals surface area contributed by atoms with Crippen molar-refractivity contribution in [2.45, 2.75) is 315 Å². The number of aliphatic hydroxyl groups is 2. The van der Waals surface area contributed by atoms with Crippen LogP contribution in [0.25, 0.3) is 0 Å². The van der Waals surface area contributed by atoms with Gasteiger partial charge in [-0.05, 0) is 44.9 Å². The van der Waals surface area contributed by atoms with Gasteiger partial charge in [-0.25, -0.2) is 0 Å². The first kappa shape index (κ1) is 63.8. The molecule has 0 aliphatic heterocycles. The zero-order chi connectivity index (χ0) is 48.1. The Bertz CT molecular complexity index is 1130. The van der Waals surface area contributed by atoms with Crippen molar-refractivity contribution in [1.82, 2.24) is 5.32 Å². The largest absolute Gasteiger partial charge is 0.461 e. The molecule has 0 fully saturated rings. The van der Waals surface area contributed by atoms with Crippen LogP contribution in [0.3, 0.4) is 0 Å². The van der Waals surface area contributed by atoms with Crippen LogP contribution in [0.1, 0.15) is 297 Å². The van der Waals surface area contributed by atoms with Gasteiger partial charge in [0.1, 0.15) is 6.10 Å². The Hall–Kier alpha value is -2.18. The number of nitrogens with one attached hydrogen (secondary N) is 1. The average Bonchev–Trinajstić information content (AvgIpc) is 3.31. The van der Waals surface area contributed by atoms with E-state index in [0.717, 1.165) is 57.8 Å². The second-order valence-corrected chi connectivity index (χ2v) is 19.7. The van der Waals surface area contributed by atoms with E-state index in [1.54, 1.807) is 0 Å². The van der Waals surface area contributed by atoms with Crippen LogP contribution in [-0.2, 0) is 14.3 Å². The van der Waals surface area contributed by atoms with Gasteiger partial charge >= 0.3 is 5.97 Å². The van der Waals surface area contributed by atoms with Crippen molar-refractivity contribution in [2.75, 3.05) is 6.61 Å². The summed E-state index contributed by atoms with van der Waals surface area (Å²) in [6, 6.07) is -0.730. The minimum atomic E-state index is -0.810. The van der Waals surface area contributed by atoms with E-state index in [4.69, 9.17) is 4.74 Å². The number of carbonyl (C=O) groups excluding carboxylic acids is 2. The maximum atomic E-state index is 13.2. The van der Waals surface area contributed by atoms with Gasteiger partial charge in [-0.3, -0.25) is 9.59 Å². The highest BCUT2D eigenvalue weighted by Crippen LogP contribution is 2.18. The quantitative estimate of drug-likeness (QED) is 0.0321. The van der Waals surface area contributed by atoms with Crippen molar-refractivity contribution in [3.63, 3.8) is 0 Å². The van der Waals surface area contributed by atoms with Gasteiger partial charge in [0.05, 0.1) is 25.2 Å². The highest BCUT2D eigenvalue weighted by molar-refractivity contribution is 5.77. The first-order chi connectivity index (χ1) is 32.5. The lowest BCUT2D eigenvalue weighted by Gasteiger charge is -2.24. The Morgan fingerprint density at radius 2 is 0.803 bits per heavy atom. The summed E-state index contributed by atoms with van der Waals surface area (Å²) in [5.41, 5.74) is 0. The summed E-state index contributed by atoms with van der Waals surface area (Å²) in [7, 11) is 0. The smallest absolute Gasteiger partial charge is 0.306 e. The predicted molar refractivity (Wildman–Crippen MR) is 287 cm³/mol. The molecular weight excluding hydrogens is 815 g/mol. The van der Waals surface area contributed by atoms with Crippen LogP contribution in [0.4, 0.5) is 0 Å².